The molecule has 2 aliphatic rings. The van der Waals surface area contributed by atoms with Gasteiger partial charge in [0.2, 0.25) is 5.91 Å². The second kappa shape index (κ2) is 6.97. The van der Waals surface area contributed by atoms with Gasteiger partial charge in [0.25, 0.3) is 11.8 Å². The van der Waals surface area contributed by atoms with E-state index < -0.39 is 41.8 Å². The number of fused-ring (bicyclic) bond motifs is 1. The van der Waals surface area contributed by atoms with E-state index in [0.717, 1.165) is 9.80 Å². The monoisotopic (exact) mass is 392 g/mol. The Morgan fingerprint density at radius 1 is 0.966 bits per heavy atom. The molecular weight excluding hydrogens is 376 g/mol. The first-order valence-corrected chi connectivity index (χ1v) is 8.88. The Labute approximate surface area is 165 Å². The van der Waals surface area contributed by atoms with E-state index in [-0.39, 0.29) is 11.1 Å². The van der Waals surface area contributed by atoms with Gasteiger partial charge in [-0.2, -0.15) is 0 Å². The maximum absolute atomic E-state index is 13.0. The molecule has 0 saturated carbocycles. The van der Waals surface area contributed by atoms with Crippen molar-refractivity contribution in [3.05, 3.63) is 71.3 Å². The van der Waals surface area contributed by atoms with Crippen molar-refractivity contribution in [1.29, 1.82) is 0 Å². The van der Waals surface area contributed by atoms with Crippen molar-refractivity contribution < 1.29 is 28.7 Å². The van der Waals surface area contributed by atoms with Gasteiger partial charge in [0.15, 0.2) is 6.04 Å². The highest BCUT2D eigenvalue weighted by atomic mass is 16.5. The van der Waals surface area contributed by atoms with Crippen LogP contribution in [-0.2, 0) is 19.1 Å². The van der Waals surface area contributed by atoms with Gasteiger partial charge in [-0.1, -0.05) is 42.5 Å². The van der Waals surface area contributed by atoms with Gasteiger partial charge in [-0.25, -0.2) is 4.79 Å². The van der Waals surface area contributed by atoms with E-state index in [9.17, 15) is 24.0 Å². The zero-order valence-electron chi connectivity index (χ0n) is 15.3. The summed E-state index contributed by atoms with van der Waals surface area (Å²) in [5, 5.41) is 0. The Hall–Kier alpha value is -3.81. The summed E-state index contributed by atoms with van der Waals surface area (Å²) in [5.41, 5.74) is 0.822. The molecule has 2 aromatic rings. The van der Waals surface area contributed by atoms with Crippen LogP contribution < -0.4 is 0 Å². The highest BCUT2D eigenvalue weighted by molar-refractivity contribution is 6.24. The number of amides is 3. The Balaban J connectivity index is 1.69. The predicted molar refractivity (Wildman–Crippen MR) is 98.6 cm³/mol. The number of aldehydes is 1. The molecule has 2 heterocycles. The highest BCUT2D eigenvalue weighted by Gasteiger charge is 2.59. The lowest BCUT2D eigenvalue weighted by Gasteiger charge is -2.49. The van der Waals surface area contributed by atoms with E-state index in [1.54, 1.807) is 42.5 Å². The maximum atomic E-state index is 13.0. The first kappa shape index (κ1) is 18.5. The summed E-state index contributed by atoms with van der Waals surface area (Å²) in [6.07, 6.45) is 0.467. The van der Waals surface area contributed by atoms with Crippen molar-refractivity contribution in [2.45, 2.75) is 18.1 Å². The molecule has 2 aromatic carbocycles. The summed E-state index contributed by atoms with van der Waals surface area (Å²) in [7, 11) is 1.18. The van der Waals surface area contributed by atoms with Gasteiger partial charge < -0.3 is 14.4 Å². The maximum Gasteiger partial charge on any atom is 0.333 e. The average molecular weight is 392 g/mol. The van der Waals surface area contributed by atoms with Gasteiger partial charge in [0.05, 0.1) is 18.2 Å². The van der Waals surface area contributed by atoms with Crippen molar-refractivity contribution >= 4 is 30.0 Å². The topological polar surface area (TPSA) is 101 Å². The van der Waals surface area contributed by atoms with Crippen LogP contribution in [0.2, 0.25) is 0 Å². The van der Waals surface area contributed by atoms with Gasteiger partial charge >= 0.3 is 5.97 Å². The number of carbonyl (C=O) groups is 5. The number of hydrogen-bond donors (Lipinski definition) is 0. The van der Waals surface area contributed by atoms with E-state index in [0.29, 0.717) is 11.8 Å². The number of esters is 1. The number of likely N-dealkylation sites (tertiary alicyclic amines) is 1. The molecule has 3 atom stereocenters. The molecule has 0 radical (unpaired) electrons. The Kier molecular flexibility index (Phi) is 4.46. The first-order valence-electron chi connectivity index (χ1n) is 8.88. The second-order valence-electron chi connectivity index (χ2n) is 6.68. The molecule has 146 valence electrons. The molecule has 2 aliphatic heterocycles. The summed E-state index contributed by atoms with van der Waals surface area (Å²) < 4.78 is 4.82. The zero-order valence-corrected chi connectivity index (χ0v) is 15.3. The summed E-state index contributed by atoms with van der Waals surface area (Å²) >= 11 is 0. The van der Waals surface area contributed by atoms with Gasteiger partial charge in [0, 0.05) is 0 Å². The zero-order chi connectivity index (χ0) is 20.7. The van der Waals surface area contributed by atoms with Crippen molar-refractivity contribution in [2.24, 2.45) is 0 Å². The third-order valence-electron chi connectivity index (χ3n) is 5.21. The number of methoxy groups -OCH3 is 1. The molecule has 3 unspecified atom stereocenters. The van der Waals surface area contributed by atoms with Crippen LogP contribution in [0, 0.1) is 0 Å². The lowest BCUT2D eigenvalue weighted by Crippen LogP contribution is -2.73. The van der Waals surface area contributed by atoms with Gasteiger partial charge in [-0.15, -0.1) is 0 Å². The Morgan fingerprint density at radius 3 is 2.03 bits per heavy atom. The lowest BCUT2D eigenvalue weighted by atomic mass is 9.89. The van der Waals surface area contributed by atoms with E-state index in [2.05, 4.69) is 0 Å². The number of nitrogens with zero attached hydrogens (tertiary/aromatic N) is 2. The largest absolute Gasteiger partial charge is 0.467 e. The fourth-order valence-corrected chi connectivity index (χ4v) is 3.84. The van der Waals surface area contributed by atoms with Crippen molar-refractivity contribution in [1.82, 2.24) is 9.80 Å². The predicted octanol–water partition coefficient (Wildman–Crippen LogP) is 0.975. The summed E-state index contributed by atoms with van der Waals surface area (Å²) in [5.74, 6) is -2.66. The molecule has 0 bridgehead atoms. The van der Waals surface area contributed by atoms with E-state index >= 15 is 0 Å². The SMILES string of the molecule is COC(=O)C(c1ccccc1)N1C(=O)C(N2C(=O)c3ccccc3C2=O)C1C=O. The van der Waals surface area contributed by atoms with Crippen molar-refractivity contribution in [3.63, 3.8) is 0 Å². The molecule has 8 nitrogen and oxygen atoms in total. The van der Waals surface area contributed by atoms with Gasteiger partial charge in [-0.05, 0) is 17.7 Å². The Morgan fingerprint density at radius 2 is 1.52 bits per heavy atom. The molecule has 1 saturated heterocycles. The molecule has 3 amide bonds. The second-order valence-corrected chi connectivity index (χ2v) is 6.68. The smallest absolute Gasteiger partial charge is 0.333 e. The molecule has 0 N–H and O–H groups in total. The fraction of sp³-hybridized carbons (Fsp3) is 0.190. The highest BCUT2D eigenvalue weighted by Crippen LogP contribution is 2.37. The van der Waals surface area contributed by atoms with E-state index in [1.165, 1.54) is 19.2 Å². The van der Waals surface area contributed by atoms with Gasteiger partial charge in [-0.3, -0.25) is 19.3 Å². The molecule has 0 aliphatic carbocycles. The molecule has 0 aromatic heterocycles. The van der Waals surface area contributed by atoms with Crippen LogP contribution in [0.15, 0.2) is 54.6 Å². The number of rotatable bonds is 5. The van der Waals surface area contributed by atoms with E-state index in [4.69, 9.17) is 4.74 Å². The van der Waals surface area contributed by atoms with Crippen LogP contribution in [0.5, 0.6) is 0 Å². The van der Waals surface area contributed by atoms with Crippen LogP contribution >= 0.6 is 0 Å². The minimum absolute atomic E-state index is 0.181. The molecular formula is C21H16N2O6. The molecule has 1 fully saturated rings. The minimum atomic E-state index is -1.30. The minimum Gasteiger partial charge on any atom is -0.467 e. The van der Waals surface area contributed by atoms with Crippen LogP contribution in [0.3, 0.4) is 0 Å². The van der Waals surface area contributed by atoms with E-state index in [1.807, 2.05) is 0 Å². The third-order valence-corrected chi connectivity index (χ3v) is 5.21. The number of hydrogen-bond acceptors (Lipinski definition) is 6. The molecule has 8 heteroatoms. The normalized spacial score (nSPS) is 21.5. The first-order chi connectivity index (χ1) is 14.0. The quantitative estimate of drug-likeness (QED) is 0.325. The van der Waals surface area contributed by atoms with Crippen LogP contribution in [0.1, 0.15) is 32.3 Å². The average Bonchev–Trinajstić information content (AvgIpc) is 3.00. The molecule has 4 rings (SSSR count). The van der Waals surface area contributed by atoms with Crippen molar-refractivity contribution in [3.8, 4) is 0 Å². The summed E-state index contributed by atoms with van der Waals surface area (Å²) in [6, 6.07) is 11.0. The summed E-state index contributed by atoms with van der Waals surface area (Å²) in [6.45, 7) is 0. The molecule has 0 spiro atoms. The number of β-lactam (4-membered cyclic amide) rings is 1. The number of benzene rings is 2. The number of ether oxygens (including phenoxy) is 1. The van der Waals surface area contributed by atoms with Gasteiger partial charge in [0.1, 0.15) is 18.4 Å². The van der Waals surface area contributed by atoms with Crippen LogP contribution in [0.25, 0.3) is 0 Å². The van der Waals surface area contributed by atoms with Crippen LogP contribution in [0.4, 0.5) is 0 Å². The standard InChI is InChI=1S/C21H16N2O6/c1-29-21(28)16(12-7-3-2-4-8-12)22-15(11-24)17(20(22)27)23-18(25)13-9-5-6-10-14(13)19(23)26/h2-11,15-17H,1H3. The Bertz CT molecular complexity index is 999. The van der Waals surface area contributed by atoms with Crippen molar-refractivity contribution in [2.75, 3.05) is 7.11 Å². The third kappa shape index (κ3) is 2.64. The number of carbonyl (C=O) groups excluding carboxylic acids is 5. The number of imide groups is 1. The van der Waals surface area contributed by atoms with Crippen LogP contribution in [-0.4, -0.2) is 59.0 Å². The molecule has 29 heavy (non-hydrogen) atoms. The summed E-state index contributed by atoms with van der Waals surface area (Å²) in [4.78, 5) is 64.6. The fourth-order valence-electron chi connectivity index (χ4n) is 3.84. The lowest BCUT2D eigenvalue weighted by molar-refractivity contribution is -0.171.